The van der Waals surface area contributed by atoms with Gasteiger partial charge < -0.3 is 10.2 Å². The van der Waals surface area contributed by atoms with Crippen LogP contribution >= 0.6 is 0 Å². The van der Waals surface area contributed by atoms with Crippen LogP contribution in [0.1, 0.15) is 83.5 Å². The summed E-state index contributed by atoms with van der Waals surface area (Å²) in [5, 5.41) is 27.0. The topological polar surface area (TPSA) is 122 Å². The molecule has 0 aliphatic heterocycles. The van der Waals surface area contributed by atoms with Gasteiger partial charge in [0.25, 0.3) is 0 Å². The van der Waals surface area contributed by atoms with Gasteiger partial charge in [0.05, 0.1) is 0 Å². The molecule has 0 aromatic carbocycles. The van der Waals surface area contributed by atoms with Crippen LogP contribution in [0.15, 0.2) is 0 Å². The molecular weight excluding hydrogens is 320 g/mol. The minimum absolute atomic E-state index is 0.195. The Morgan fingerprint density at radius 1 is 0.680 bits per heavy atom. The minimum atomic E-state index is 0.195. The molecule has 2 saturated carbocycles. The lowest BCUT2D eigenvalue weighted by Crippen LogP contribution is -2.14. The summed E-state index contributed by atoms with van der Waals surface area (Å²) in [5.74, 6) is 2.24. The van der Waals surface area contributed by atoms with E-state index < -0.39 is 0 Å². The van der Waals surface area contributed by atoms with Crippen molar-refractivity contribution in [2.24, 2.45) is 11.8 Å². The van der Waals surface area contributed by atoms with Crippen LogP contribution in [0.25, 0.3) is 0 Å². The number of carbonyl (C=O) groups excluding carboxylic acids is 2. The summed E-state index contributed by atoms with van der Waals surface area (Å²) < 4.78 is 0. The predicted octanol–water partition coefficient (Wildman–Crippen LogP) is 4.09. The van der Waals surface area contributed by atoms with Crippen LogP contribution < -0.4 is 0 Å². The Morgan fingerprint density at radius 3 is 1.20 bits per heavy atom. The summed E-state index contributed by atoms with van der Waals surface area (Å²) in [6.45, 7) is 0.390. The predicted molar refractivity (Wildman–Crippen MR) is 98.0 cm³/mol. The first-order chi connectivity index (χ1) is 12.2. The van der Waals surface area contributed by atoms with Crippen LogP contribution in [0.5, 0.6) is 0 Å². The van der Waals surface area contributed by atoms with Gasteiger partial charge in [0.2, 0.25) is 12.2 Å². The molecule has 0 unspecified atom stereocenters. The van der Waals surface area contributed by atoms with E-state index in [9.17, 15) is 0 Å². The molecule has 2 rings (SSSR count). The van der Waals surface area contributed by atoms with Gasteiger partial charge in [-0.3, -0.25) is 0 Å². The number of unbranched alkanes of at least 4 members (excludes halogenated alkanes) is 1. The molecule has 0 radical (unpaired) electrons. The summed E-state index contributed by atoms with van der Waals surface area (Å²) >= 11 is 0. The van der Waals surface area contributed by atoms with E-state index in [0.29, 0.717) is 0 Å². The van der Waals surface area contributed by atoms with E-state index in [-0.39, 0.29) is 13.2 Å². The third-order valence-electron chi connectivity index (χ3n) is 4.68. The second kappa shape index (κ2) is 22.7. The van der Waals surface area contributed by atoms with Crippen molar-refractivity contribution in [1.82, 2.24) is 0 Å². The van der Waals surface area contributed by atoms with E-state index in [1.165, 1.54) is 38.5 Å². The molecule has 2 aliphatic carbocycles. The molecule has 146 valence electrons. The summed E-state index contributed by atoms with van der Waals surface area (Å²) in [5.41, 5.74) is 0. The minimum Gasteiger partial charge on any atom is -0.396 e. The van der Waals surface area contributed by atoms with Gasteiger partial charge in [-0.2, -0.15) is 0 Å². The second-order valence-corrected chi connectivity index (χ2v) is 6.60. The highest BCUT2D eigenvalue weighted by Crippen LogP contribution is 2.34. The molecular formula is C19H36N2O4. The van der Waals surface area contributed by atoms with Crippen molar-refractivity contribution in [1.29, 1.82) is 10.8 Å². The van der Waals surface area contributed by atoms with Crippen LogP contribution in [-0.2, 0) is 9.59 Å². The summed E-state index contributed by atoms with van der Waals surface area (Å²) in [6.07, 6.45) is 19.9. The van der Waals surface area contributed by atoms with E-state index >= 15 is 0 Å². The Balaban J connectivity index is 0. The quantitative estimate of drug-likeness (QED) is 0.336. The van der Waals surface area contributed by atoms with Crippen molar-refractivity contribution < 1.29 is 19.8 Å². The fourth-order valence-electron chi connectivity index (χ4n) is 3.54. The zero-order chi connectivity index (χ0) is 19.2. The van der Waals surface area contributed by atoms with Crippen molar-refractivity contribution in [3.05, 3.63) is 0 Å². The molecule has 2 aliphatic rings. The normalized spacial score (nSPS) is 17.2. The van der Waals surface area contributed by atoms with Crippen LogP contribution in [0.4, 0.5) is 0 Å². The molecule has 0 bridgehead atoms. The standard InChI is InChI=1S/C13H24.C4H10O2.2CHNO/c1-3-7-12(8-4-1)11-13-9-5-2-6-10-13;5-3-1-2-4-6;2*2-1-3/h12-13H,1-11H2;5-6H,1-4H2;2*2H. The number of nitrogens with one attached hydrogen (secondary N) is 2. The van der Waals surface area contributed by atoms with Crippen LogP contribution in [0.3, 0.4) is 0 Å². The Hall–Kier alpha value is -1.32. The van der Waals surface area contributed by atoms with Gasteiger partial charge in [-0.25, -0.2) is 20.4 Å². The average molecular weight is 357 g/mol. The fourth-order valence-corrected chi connectivity index (χ4v) is 3.54. The third kappa shape index (κ3) is 20.6. The Kier molecular flexibility index (Phi) is 23.5. The van der Waals surface area contributed by atoms with Gasteiger partial charge in [-0.15, -0.1) is 0 Å². The van der Waals surface area contributed by atoms with Crippen molar-refractivity contribution in [3.8, 4) is 0 Å². The van der Waals surface area contributed by atoms with Crippen molar-refractivity contribution >= 4 is 12.2 Å². The highest BCUT2D eigenvalue weighted by molar-refractivity contribution is 5.26. The van der Waals surface area contributed by atoms with Gasteiger partial charge in [0.1, 0.15) is 0 Å². The number of hydrogen-bond acceptors (Lipinski definition) is 6. The van der Waals surface area contributed by atoms with Gasteiger partial charge in [0, 0.05) is 13.2 Å². The molecule has 0 atom stereocenters. The molecule has 6 heteroatoms. The molecule has 0 heterocycles. The molecule has 0 spiro atoms. The smallest absolute Gasteiger partial charge is 0.231 e. The van der Waals surface area contributed by atoms with Crippen molar-refractivity contribution in [2.45, 2.75) is 83.5 Å². The lowest BCUT2D eigenvalue weighted by Gasteiger charge is -2.28. The molecule has 0 amide bonds. The molecule has 25 heavy (non-hydrogen) atoms. The maximum Gasteiger partial charge on any atom is 0.231 e. The summed E-state index contributed by atoms with van der Waals surface area (Å²) in [7, 11) is 0. The number of rotatable bonds is 5. The first-order valence-electron chi connectivity index (χ1n) is 9.49. The number of isocyanates is 2. The van der Waals surface area contributed by atoms with E-state index in [1.807, 2.05) is 0 Å². The molecule has 6 nitrogen and oxygen atoms in total. The summed E-state index contributed by atoms with van der Waals surface area (Å²) in [6, 6.07) is 0. The van der Waals surface area contributed by atoms with E-state index in [1.54, 1.807) is 32.1 Å². The average Bonchev–Trinajstić information content (AvgIpc) is 2.64. The number of hydrogen-bond donors (Lipinski definition) is 4. The van der Waals surface area contributed by atoms with Gasteiger partial charge in [0.15, 0.2) is 0 Å². The van der Waals surface area contributed by atoms with Gasteiger partial charge in [-0.05, 0) is 31.1 Å². The largest absolute Gasteiger partial charge is 0.396 e. The van der Waals surface area contributed by atoms with Crippen molar-refractivity contribution in [2.75, 3.05) is 13.2 Å². The Morgan fingerprint density at radius 2 is 0.960 bits per heavy atom. The first-order valence-corrected chi connectivity index (χ1v) is 9.49. The van der Waals surface area contributed by atoms with Crippen molar-refractivity contribution in [3.63, 3.8) is 0 Å². The van der Waals surface area contributed by atoms with E-state index in [4.69, 9.17) is 30.6 Å². The van der Waals surface area contributed by atoms with Gasteiger partial charge >= 0.3 is 0 Å². The Labute approximate surface area is 152 Å². The SMILES string of the molecule is C1CCC(CC2CCCCC2)CC1.N=C=O.N=C=O.OCCCCO. The van der Waals surface area contributed by atoms with E-state index in [2.05, 4.69) is 0 Å². The number of aliphatic hydroxyl groups excluding tert-OH is 2. The third-order valence-corrected chi connectivity index (χ3v) is 4.68. The lowest BCUT2D eigenvalue weighted by molar-refractivity contribution is 0.242. The van der Waals surface area contributed by atoms with Crippen LogP contribution in [0.2, 0.25) is 0 Å². The Bertz CT molecular complexity index is 294. The molecule has 0 aromatic heterocycles. The maximum absolute atomic E-state index is 8.35. The van der Waals surface area contributed by atoms with Gasteiger partial charge in [-0.1, -0.05) is 64.2 Å². The highest BCUT2D eigenvalue weighted by atomic mass is 16.3. The van der Waals surface area contributed by atoms with E-state index in [0.717, 1.165) is 36.8 Å². The lowest BCUT2D eigenvalue weighted by atomic mass is 9.78. The molecule has 4 N–H and O–H groups in total. The first kappa shape index (κ1) is 25.9. The molecule has 2 fully saturated rings. The zero-order valence-corrected chi connectivity index (χ0v) is 15.5. The second-order valence-electron chi connectivity index (χ2n) is 6.60. The number of aliphatic hydroxyl groups is 2. The monoisotopic (exact) mass is 356 g/mol. The highest BCUT2D eigenvalue weighted by Gasteiger charge is 2.20. The van der Waals surface area contributed by atoms with Crippen LogP contribution in [0, 0.1) is 22.7 Å². The van der Waals surface area contributed by atoms with Crippen LogP contribution in [-0.4, -0.2) is 35.6 Å². The fraction of sp³-hybridized carbons (Fsp3) is 0.895. The molecule has 0 aromatic rings. The maximum atomic E-state index is 8.35. The summed E-state index contributed by atoms with van der Waals surface area (Å²) in [4.78, 5) is 16.7. The molecule has 0 saturated heterocycles. The zero-order valence-electron chi connectivity index (χ0n) is 15.5.